The lowest BCUT2D eigenvalue weighted by atomic mass is 10.1. The monoisotopic (exact) mass is 444 g/mol. The number of para-hydroxylation sites is 1. The van der Waals surface area contributed by atoms with Crippen LogP contribution in [0.1, 0.15) is 31.1 Å². The van der Waals surface area contributed by atoms with E-state index in [4.69, 9.17) is 14.2 Å². The van der Waals surface area contributed by atoms with Crippen molar-refractivity contribution in [2.24, 2.45) is 0 Å². The molecule has 6 nitrogen and oxygen atoms in total. The van der Waals surface area contributed by atoms with E-state index in [-0.39, 0.29) is 5.91 Å². The van der Waals surface area contributed by atoms with Gasteiger partial charge in [0.25, 0.3) is 5.91 Å². The second-order valence-corrected chi connectivity index (χ2v) is 7.40. The lowest BCUT2D eigenvalue weighted by Crippen LogP contribution is -2.13. The Morgan fingerprint density at radius 2 is 1.45 bits per heavy atom. The lowest BCUT2D eigenvalue weighted by molar-refractivity contribution is 0.102. The number of carbonyl (C=O) groups excluding carboxylic acids is 1. The van der Waals surface area contributed by atoms with Gasteiger partial charge in [-0.3, -0.25) is 4.79 Å². The van der Waals surface area contributed by atoms with Crippen molar-refractivity contribution in [1.82, 2.24) is 4.98 Å². The first-order valence-corrected chi connectivity index (χ1v) is 11.2. The van der Waals surface area contributed by atoms with Gasteiger partial charge in [0.2, 0.25) is 5.75 Å². The van der Waals surface area contributed by atoms with Gasteiger partial charge in [-0.15, -0.1) is 0 Å². The molecule has 4 aromatic rings. The molecule has 33 heavy (non-hydrogen) atoms. The topological polar surface area (TPSA) is 72.6 Å². The van der Waals surface area contributed by atoms with Gasteiger partial charge in [-0.05, 0) is 62.7 Å². The first kappa shape index (κ1) is 22.3. The van der Waals surface area contributed by atoms with Crippen LogP contribution in [-0.2, 0) is 0 Å². The Kier molecular flexibility index (Phi) is 6.83. The Labute approximate surface area is 193 Å². The van der Waals surface area contributed by atoms with Gasteiger partial charge in [-0.1, -0.05) is 30.3 Å². The van der Waals surface area contributed by atoms with Gasteiger partial charge in [0.15, 0.2) is 11.5 Å². The summed E-state index contributed by atoms with van der Waals surface area (Å²) < 4.78 is 17.2. The molecule has 0 saturated carbocycles. The van der Waals surface area contributed by atoms with Crippen LogP contribution in [-0.4, -0.2) is 30.7 Å². The van der Waals surface area contributed by atoms with E-state index in [1.54, 1.807) is 12.1 Å². The molecule has 6 heteroatoms. The number of carbonyl (C=O) groups is 1. The van der Waals surface area contributed by atoms with E-state index in [1.165, 1.54) is 0 Å². The number of fused-ring (bicyclic) bond motifs is 1. The zero-order chi connectivity index (χ0) is 23.2. The summed E-state index contributed by atoms with van der Waals surface area (Å²) in [5, 5.41) is 4.12. The summed E-state index contributed by atoms with van der Waals surface area (Å²) in [6, 6.07) is 21.4. The van der Waals surface area contributed by atoms with Gasteiger partial charge in [0, 0.05) is 27.8 Å². The van der Waals surface area contributed by atoms with Crippen LogP contribution in [0, 0.1) is 0 Å². The number of anilines is 1. The molecule has 0 bridgehead atoms. The number of nitrogens with one attached hydrogen (secondary N) is 2. The zero-order valence-electron chi connectivity index (χ0n) is 19.1. The number of H-pyrrole nitrogens is 1. The van der Waals surface area contributed by atoms with Crippen molar-refractivity contribution in [2.45, 2.75) is 20.8 Å². The highest BCUT2D eigenvalue weighted by atomic mass is 16.5. The molecule has 0 saturated heterocycles. The molecule has 0 aliphatic heterocycles. The van der Waals surface area contributed by atoms with Gasteiger partial charge in [0.1, 0.15) is 0 Å². The number of hydrogen-bond donors (Lipinski definition) is 2. The molecule has 0 spiro atoms. The normalized spacial score (nSPS) is 10.8. The molecule has 1 heterocycles. The maximum absolute atomic E-state index is 13.0. The highest BCUT2D eigenvalue weighted by molar-refractivity contribution is 6.05. The van der Waals surface area contributed by atoms with Crippen LogP contribution < -0.4 is 19.5 Å². The summed E-state index contributed by atoms with van der Waals surface area (Å²) >= 11 is 0. The second-order valence-electron chi connectivity index (χ2n) is 7.40. The van der Waals surface area contributed by atoms with E-state index in [0.717, 1.165) is 22.2 Å². The summed E-state index contributed by atoms with van der Waals surface area (Å²) in [5.74, 6) is 1.24. The van der Waals surface area contributed by atoms with Crippen LogP contribution in [0.15, 0.2) is 66.7 Å². The molecule has 0 radical (unpaired) electrons. The van der Waals surface area contributed by atoms with Crippen molar-refractivity contribution >= 4 is 22.5 Å². The van der Waals surface area contributed by atoms with Gasteiger partial charge in [-0.2, -0.15) is 0 Å². The molecular weight excluding hydrogens is 416 g/mol. The molecule has 170 valence electrons. The summed E-state index contributed by atoms with van der Waals surface area (Å²) in [6.45, 7) is 7.03. The van der Waals surface area contributed by atoms with Crippen molar-refractivity contribution in [3.63, 3.8) is 0 Å². The highest BCUT2D eigenvalue weighted by Crippen LogP contribution is 2.39. The second kappa shape index (κ2) is 10.1. The predicted octanol–water partition coefficient (Wildman–Crippen LogP) is 6.28. The number of amides is 1. The summed E-state index contributed by atoms with van der Waals surface area (Å²) in [6.07, 6.45) is 0. The van der Waals surface area contributed by atoms with Crippen molar-refractivity contribution in [3.8, 4) is 28.5 Å². The predicted molar refractivity (Wildman–Crippen MR) is 132 cm³/mol. The van der Waals surface area contributed by atoms with Crippen molar-refractivity contribution in [1.29, 1.82) is 0 Å². The van der Waals surface area contributed by atoms with E-state index in [0.29, 0.717) is 48.3 Å². The van der Waals surface area contributed by atoms with Gasteiger partial charge in [0.05, 0.1) is 19.8 Å². The summed E-state index contributed by atoms with van der Waals surface area (Å²) in [5.41, 5.74) is 4.30. The minimum absolute atomic E-state index is 0.252. The minimum atomic E-state index is -0.252. The first-order chi connectivity index (χ1) is 16.1. The van der Waals surface area contributed by atoms with Gasteiger partial charge < -0.3 is 24.5 Å². The molecular formula is C27H28N2O4. The molecule has 3 aromatic carbocycles. The molecule has 2 N–H and O–H groups in total. The SMILES string of the molecule is CCOc1cc(C(=O)Nc2ccc(-c3cc4ccccc4[nH]3)cc2)cc(OCC)c1OCC. The Balaban J connectivity index is 1.56. The van der Waals surface area contributed by atoms with E-state index < -0.39 is 0 Å². The minimum Gasteiger partial charge on any atom is -0.490 e. The standard InChI is InChI=1S/C27H28N2O4/c1-4-31-24-16-20(17-25(32-5-2)26(24)33-6-3)27(30)28-21-13-11-18(12-14-21)23-15-19-9-7-8-10-22(19)29-23/h7-17,29H,4-6H2,1-3H3,(H,28,30). The molecule has 1 aromatic heterocycles. The Morgan fingerprint density at radius 3 is 2.06 bits per heavy atom. The molecule has 0 unspecified atom stereocenters. The fraction of sp³-hybridized carbons (Fsp3) is 0.222. The Bertz CT molecular complexity index is 1180. The Hall–Kier alpha value is -3.93. The smallest absolute Gasteiger partial charge is 0.255 e. The van der Waals surface area contributed by atoms with E-state index in [2.05, 4.69) is 28.5 Å². The zero-order valence-corrected chi connectivity index (χ0v) is 19.1. The van der Waals surface area contributed by atoms with Crippen LogP contribution in [0.4, 0.5) is 5.69 Å². The third-order valence-electron chi connectivity index (χ3n) is 5.16. The number of aromatic nitrogens is 1. The van der Waals surface area contributed by atoms with Gasteiger partial charge in [-0.25, -0.2) is 0 Å². The third kappa shape index (κ3) is 4.95. The molecule has 1 amide bonds. The van der Waals surface area contributed by atoms with Gasteiger partial charge >= 0.3 is 0 Å². The van der Waals surface area contributed by atoms with Crippen LogP contribution >= 0.6 is 0 Å². The molecule has 0 atom stereocenters. The van der Waals surface area contributed by atoms with Crippen LogP contribution in [0.2, 0.25) is 0 Å². The maximum Gasteiger partial charge on any atom is 0.255 e. The highest BCUT2D eigenvalue weighted by Gasteiger charge is 2.18. The fourth-order valence-corrected chi connectivity index (χ4v) is 3.69. The molecule has 4 rings (SSSR count). The summed E-state index contributed by atoms with van der Waals surface area (Å²) in [7, 11) is 0. The van der Waals surface area contributed by atoms with E-state index in [1.807, 2.05) is 57.2 Å². The largest absolute Gasteiger partial charge is 0.490 e. The average Bonchev–Trinajstić information content (AvgIpc) is 3.26. The Morgan fingerprint density at radius 1 is 0.818 bits per heavy atom. The van der Waals surface area contributed by atoms with Crippen molar-refractivity contribution in [3.05, 3.63) is 72.3 Å². The average molecular weight is 445 g/mol. The number of hydrogen-bond acceptors (Lipinski definition) is 4. The number of ether oxygens (including phenoxy) is 3. The lowest BCUT2D eigenvalue weighted by Gasteiger charge is -2.17. The van der Waals surface area contributed by atoms with E-state index >= 15 is 0 Å². The molecule has 0 aliphatic rings. The quantitative estimate of drug-likeness (QED) is 0.318. The van der Waals surface area contributed by atoms with Crippen LogP contribution in [0.5, 0.6) is 17.2 Å². The summed E-state index contributed by atoms with van der Waals surface area (Å²) in [4.78, 5) is 16.4. The van der Waals surface area contributed by atoms with Crippen LogP contribution in [0.25, 0.3) is 22.2 Å². The maximum atomic E-state index is 13.0. The number of benzene rings is 3. The first-order valence-electron chi connectivity index (χ1n) is 11.2. The molecule has 0 aliphatic carbocycles. The van der Waals surface area contributed by atoms with Crippen molar-refractivity contribution < 1.29 is 19.0 Å². The van der Waals surface area contributed by atoms with E-state index in [9.17, 15) is 4.79 Å². The third-order valence-corrected chi connectivity index (χ3v) is 5.16. The number of aromatic amines is 1. The van der Waals surface area contributed by atoms with Crippen LogP contribution in [0.3, 0.4) is 0 Å². The molecule has 0 fully saturated rings. The number of rotatable bonds is 9. The van der Waals surface area contributed by atoms with Crippen molar-refractivity contribution in [2.75, 3.05) is 25.1 Å². The fourth-order valence-electron chi connectivity index (χ4n) is 3.69.